The first-order valence-electron chi connectivity index (χ1n) is 10.3. The number of carbonyl (C=O) groups excluding carboxylic acids is 1. The Bertz CT molecular complexity index is 1250. The molecular formula is C22H22BrN5O2S. The summed E-state index contributed by atoms with van der Waals surface area (Å²) in [7, 11) is 0. The molecule has 9 heteroatoms. The van der Waals surface area contributed by atoms with Crippen molar-refractivity contribution in [2.45, 2.75) is 35.9 Å². The molecule has 31 heavy (non-hydrogen) atoms. The van der Waals surface area contributed by atoms with Crippen molar-refractivity contribution in [3.05, 3.63) is 41.2 Å². The summed E-state index contributed by atoms with van der Waals surface area (Å²) in [6.45, 7) is 2.52. The van der Waals surface area contributed by atoms with Gasteiger partial charge in [-0.1, -0.05) is 11.8 Å². The number of nitrogens with zero attached hydrogens (tertiary/aromatic N) is 4. The van der Waals surface area contributed by atoms with Crippen molar-refractivity contribution in [2.24, 2.45) is 5.92 Å². The van der Waals surface area contributed by atoms with E-state index in [2.05, 4.69) is 31.5 Å². The van der Waals surface area contributed by atoms with E-state index in [1.807, 2.05) is 23.1 Å². The maximum Gasteiger partial charge on any atom is 0.209 e. The Hall–Kier alpha value is -2.52. The van der Waals surface area contributed by atoms with Gasteiger partial charge in [-0.25, -0.2) is 9.97 Å². The molecule has 0 spiro atoms. The highest BCUT2D eigenvalue weighted by atomic mass is 79.9. The molecule has 160 valence electrons. The van der Waals surface area contributed by atoms with E-state index in [4.69, 9.17) is 15.1 Å². The molecule has 1 aliphatic rings. The molecule has 3 aromatic heterocycles. The molecule has 2 N–H and O–H groups in total. The van der Waals surface area contributed by atoms with Crippen LogP contribution in [0.2, 0.25) is 0 Å². The highest BCUT2D eigenvalue weighted by molar-refractivity contribution is 9.10. The van der Waals surface area contributed by atoms with E-state index in [9.17, 15) is 4.79 Å². The lowest BCUT2D eigenvalue weighted by atomic mass is 9.94. The Balaban J connectivity index is 1.45. The summed E-state index contributed by atoms with van der Waals surface area (Å²) in [5.41, 5.74) is 8.70. The van der Waals surface area contributed by atoms with Crippen molar-refractivity contribution in [3.63, 3.8) is 0 Å². The molecule has 4 aromatic rings. The third-order valence-corrected chi connectivity index (χ3v) is 7.90. The minimum atomic E-state index is 0.443. The number of anilines is 1. The third kappa shape index (κ3) is 4.04. The maximum atomic E-state index is 11.0. The van der Waals surface area contributed by atoms with Crippen LogP contribution in [0, 0.1) is 5.92 Å². The topological polar surface area (TPSA) is 90.2 Å². The molecule has 1 fully saturated rings. The molecule has 7 nitrogen and oxygen atoms in total. The Labute approximate surface area is 192 Å². The predicted molar refractivity (Wildman–Crippen MR) is 125 cm³/mol. The van der Waals surface area contributed by atoms with Crippen molar-refractivity contribution in [1.29, 1.82) is 0 Å². The normalized spacial score (nSPS) is 15.2. The Kier molecular flexibility index (Phi) is 5.62. The van der Waals surface area contributed by atoms with Gasteiger partial charge in [0.25, 0.3) is 0 Å². The van der Waals surface area contributed by atoms with Crippen LogP contribution >= 0.6 is 27.7 Å². The van der Waals surface area contributed by atoms with Crippen molar-refractivity contribution in [1.82, 2.24) is 19.4 Å². The van der Waals surface area contributed by atoms with E-state index in [1.54, 1.807) is 24.2 Å². The molecule has 1 aromatic carbocycles. The second-order valence-corrected chi connectivity index (χ2v) is 9.69. The van der Waals surface area contributed by atoms with Crippen molar-refractivity contribution >= 4 is 61.9 Å². The highest BCUT2D eigenvalue weighted by Crippen LogP contribution is 2.38. The van der Waals surface area contributed by atoms with Gasteiger partial charge >= 0.3 is 0 Å². The monoisotopic (exact) mass is 499 g/mol. The number of hydrogen-bond acceptors (Lipinski definition) is 6. The van der Waals surface area contributed by atoms with E-state index in [-0.39, 0.29) is 0 Å². The van der Waals surface area contributed by atoms with Crippen molar-refractivity contribution in [2.75, 3.05) is 18.8 Å². The summed E-state index contributed by atoms with van der Waals surface area (Å²) in [6.07, 6.45) is 7.50. The van der Waals surface area contributed by atoms with Crippen molar-refractivity contribution in [3.8, 4) is 0 Å². The molecule has 1 aliphatic heterocycles. The molecule has 5 rings (SSSR count). The summed E-state index contributed by atoms with van der Waals surface area (Å²) >= 11 is 5.28. The van der Waals surface area contributed by atoms with Crippen LogP contribution in [0.3, 0.4) is 0 Å². The smallest absolute Gasteiger partial charge is 0.209 e. The Morgan fingerprint density at radius 3 is 2.94 bits per heavy atom. The van der Waals surface area contributed by atoms with Gasteiger partial charge in [-0.3, -0.25) is 4.79 Å². The van der Waals surface area contributed by atoms with Crippen LogP contribution in [0.5, 0.6) is 0 Å². The van der Waals surface area contributed by atoms with Crippen LogP contribution in [-0.2, 0) is 11.3 Å². The number of hydrogen-bond donors (Lipinski definition) is 1. The van der Waals surface area contributed by atoms with Crippen LogP contribution in [0.4, 0.5) is 5.82 Å². The second kappa shape index (κ2) is 8.55. The first-order valence-corrected chi connectivity index (χ1v) is 11.9. The number of furan rings is 1. The largest absolute Gasteiger partial charge is 0.464 e. The zero-order chi connectivity index (χ0) is 21.4. The molecule has 1 amide bonds. The number of carbonyl (C=O) groups is 1. The van der Waals surface area contributed by atoms with Gasteiger partial charge in [-0.15, -0.1) is 0 Å². The predicted octanol–water partition coefficient (Wildman–Crippen LogP) is 4.93. The van der Waals surface area contributed by atoms with E-state index in [1.165, 1.54) is 0 Å². The van der Waals surface area contributed by atoms with Gasteiger partial charge in [0.1, 0.15) is 11.1 Å². The Morgan fingerprint density at radius 2 is 2.13 bits per heavy atom. The second-order valence-electron chi connectivity index (χ2n) is 7.83. The highest BCUT2D eigenvalue weighted by Gasteiger charge is 2.21. The number of likely N-dealkylation sites (tertiary alicyclic amines) is 1. The molecule has 4 heterocycles. The molecule has 0 aliphatic carbocycles. The number of aryl methyl sites for hydroxylation is 1. The third-order valence-electron chi connectivity index (χ3n) is 5.93. The fourth-order valence-corrected chi connectivity index (χ4v) is 5.70. The van der Waals surface area contributed by atoms with Gasteiger partial charge in [0.2, 0.25) is 6.41 Å². The van der Waals surface area contributed by atoms with Gasteiger partial charge in [-0.2, -0.15) is 0 Å². The zero-order valence-corrected chi connectivity index (χ0v) is 19.2. The van der Waals surface area contributed by atoms with Crippen LogP contribution < -0.4 is 5.73 Å². The standard InChI is InChI=1S/C22H22BrN5O2S/c23-16-11-15-5-10-30-18(15)12-19(16)31-22-26-20-17(1-6-25-21(20)24)28(22)9-4-14-2-7-27(13-29)8-3-14/h1,5-6,10-14H,2-4,7-9H2,(H2,24,25). The van der Waals surface area contributed by atoms with Gasteiger partial charge in [0, 0.05) is 40.6 Å². The molecule has 1 saturated heterocycles. The van der Waals surface area contributed by atoms with Gasteiger partial charge in [0.15, 0.2) is 11.0 Å². The maximum absolute atomic E-state index is 11.0. The van der Waals surface area contributed by atoms with E-state index >= 15 is 0 Å². The number of fused-ring (bicyclic) bond motifs is 2. The average Bonchev–Trinajstić information content (AvgIpc) is 3.37. The lowest BCUT2D eigenvalue weighted by Crippen LogP contribution is -2.32. The van der Waals surface area contributed by atoms with Crippen molar-refractivity contribution < 1.29 is 9.21 Å². The number of aromatic nitrogens is 3. The van der Waals surface area contributed by atoms with Gasteiger partial charge in [0.05, 0.1) is 11.8 Å². The van der Waals surface area contributed by atoms with Gasteiger partial charge < -0.3 is 19.6 Å². The van der Waals surface area contributed by atoms with Crippen LogP contribution in [0.15, 0.2) is 55.7 Å². The summed E-state index contributed by atoms with van der Waals surface area (Å²) in [6, 6.07) is 8.02. The van der Waals surface area contributed by atoms with E-state index < -0.39 is 0 Å². The van der Waals surface area contributed by atoms with Crippen LogP contribution in [-0.4, -0.2) is 38.9 Å². The quantitative estimate of drug-likeness (QED) is 0.378. The van der Waals surface area contributed by atoms with Gasteiger partial charge in [-0.05, 0) is 65.4 Å². The van der Waals surface area contributed by atoms with Crippen LogP contribution in [0.1, 0.15) is 19.3 Å². The number of nitrogen functional groups attached to an aromatic ring is 1. The molecule has 0 bridgehead atoms. The SMILES string of the molecule is Nc1nccc2c1nc(Sc1cc3occc3cc1Br)n2CCC1CCN(C=O)CC1. The number of amides is 1. The first-order chi connectivity index (χ1) is 15.1. The summed E-state index contributed by atoms with van der Waals surface area (Å²) in [5, 5.41) is 1.94. The number of piperidine rings is 1. The summed E-state index contributed by atoms with van der Waals surface area (Å²) in [5.74, 6) is 1.04. The Morgan fingerprint density at radius 1 is 1.29 bits per heavy atom. The summed E-state index contributed by atoms with van der Waals surface area (Å²) in [4.78, 5) is 22.9. The van der Waals surface area contributed by atoms with E-state index in [0.717, 1.165) is 81.8 Å². The number of benzene rings is 1. The molecule has 0 atom stereocenters. The molecule has 0 saturated carbocycles. The number of pyridine rings is 1. The fraction of sp³-hybridized carbons (Fsp3) is 0.318. The van der Waals surface area contributed by atoms with Crippen LogP contribution in [0.25, 0.3) is 22.0 Å². The van der Waals surface area contributed by atoms with E-state index in [0.29, 0.717) is 11.7 Å². The lowest BCUT2D eigenvalue weighted by molar-refractivity contribution is -0.119. The number of imidazole rings is 1. The number of halogens is 1. The average molecular weight is 500 g/mol. The molecule has 0 radical (unpaired) electrons. The fourth-order valence-electron chi connectivity index (χ4n) is 4.14. The first kappa shape index (κ1) is 20.4. The molecule has 0 unspecified atom stereocenters. The zero-order valence-electron chi connectivity index (χ0n) is 16.8. The molecular weight excluding hydrogens is 478 g/mol. The lowest BCUT2D eigenvalue weighted by Gasteiger charge is -2.29. The minimum Gasteiger partial charge on any atom is -0.464 e. The minimum absolute atomic E-state index is 0.443. The number of rotatable bonds is 6. The summed E-state index contributed by atoms with van der Waals surface area (Å²) < 4.78 is 8.82. The number of nitrogens with two attached hydrogens (primary N) is 1.